The van der Waals surface area contributed by atoms with Gasteiger partial charge in [0.15, 0.2) is 6.04 Å². The second-order valence-electron chi connectivity index (χ2n) is 8.36. The number of aromatic nitrogens is 2. The molecular weight excluding hydrogens is 440 g/mol. The van der Waals surface area contributed by atoms with Crippen LogP contribution >= 0.6 is 0 Å². The highest BCUT2D eigenvalue weighted by atomic mass is 17.2. The summed E-state index contributed by atoms with van der Waals surface area (Å²) in [6, 6.07) is 23.5. The van der Waals surface area contributed by atoms with E-state index in [1.807, 2.05) is 30.3 Å². The number of hydrogen-bond donors (Lipinski definition) is 2. The first-order chi connectivity index (χ1) is 17.1. The third-order valence-electron chi connectivity index (χ3n) is 5.77. The summed E-state index contributed by atoms with van der Waals surface area (Å²) >= 11 is 0. The highest BCUT2D eigenvalue weighted by molar-refractivity contribution is 5.84. The molecule has 180 valence electrons. The van der Waals surface area contributed by atoms with Gasteiger partial charge in [0, 0.05) is 13.0 Å². The fraction of sp³-hybridized carbons (Fsp3) is 0.250. The summed E-state index contributed by atoms with van der Waals surface area (Å²) in [6.45, 7) is 2.65. The van der Waals surface area contributed by atoms with E-state index in [1.54, 1.807) is 0 Å². The molecule has 2 N–H and O–H groups in total. The number of rotatable bonds is 11. The molecular formula is C28H30N4O3. The van der Waals surface area contributed by atoms with Crippen molar-refractivity contribution in [3.05, 3.63) is 89.7 Å². The number of aromatic amines is 1. The van der Waals surface area contributed by atoms with E-state index in [9.17, 15) is 4.79 Å². The van der Waals surface area contributed by atoms with Crippen LogP contribution in [0.15, 0.2) is 77.8 Å². The molecule has 0 saturated carbocycles. The quantitative estimate of drug-likeness (QED) is 0.102. The summed E-state index contributed by atoms with van der Waals surface area (Å²) < 4.78 is 0. The zero-order valence-corrected chi connectivity index (χ0v) is 20.0. The van der Waals surface area contributed by atoms with E-state index in [-0.39, 0.29) is 5.91 Å². The Morgan fingerprint density at radius 1 is 1.06 bits per heavy atom. The lowest BCUT2D eigenvalue weighted by atomic mass is 10.0. The predicted octanol–water partition coefficient (Wildman–Crippen LogP) is 5.32. The van der Waals surface area contributed by atoms with Gasteiger partial charge in [-0.05, 0) is 48.6 Å². The third-order valence-corrected chi connectivity index (χ3v) is 5.77. The average Bonchev–Trinajstić information content (AvgIpc) is 3.29. The van der Waals surface area contributed by atoms with Gasteiger partial charge in [0.05, 0.1) is 18.1 Å². The van der Waals surface area contributed by atoms with Crippen molar-refractivity contribution < 1.29 is 14.6 Å². The summed E-state index contributed by atoms with van der Waals surface area (Å²) in [6.07, 6.45) is 3.68. The van der Waals surface area contributed by atoms with Crippen LogP contribution in [0.3, 0.4) is 0 Å². The van der Waals surface area contributed by atoms with Gasteiger partial charge in [0.2, 0.25) is 12.3 Å². The van der Waals surface area contributed by atoms with E-state index in [0.717, 1.165) is 48.1 Å². The Kier molecular flexibility index (Phi) is 8.25. The van der Waals surface area contributed by atoms with Crippen LogP contribution in [0.1, 0.15) is 35.8 Å². The minimum absolute atomic E-state index is 0.181. The Morgan fingerprint density at radius 2 is 1.83 bits per heavy atom. The van der Waals surface area contributed by atoms with Gasteiger partial charge >= 0.3 is 0 Å². The molecule has 0 unspecified atom stereocenters. The number of amides is 1. The molecule has 0 fully saturated rings. The highest BCUT2D eigenvalue weighted by Crippen LogP contribution is 2.24. The minimum Gasteiger partial charge on any atom is -0.354 e. The first kappa shape index (κ1) is 24.2. The molecule has 0 aliphatic heterocycles. The number of benzene rings is 3. The second-order valence-corrected chi connectivity index (χ2v) is 8.36. The molecule has 4 aromatic rings. The highest BCUT2D eigenvalue weighted by Gasteiger charge is 2.18. The van der Waals surface area contributed by atoms with Crippen molar-refractivity contribution >= 4 is 23.3 Å². The van der Waals surface area contributed by atoms with E-state index in [0.29, 0.717) is 6.54 Å². The van der Waals surface area contributed by atoms with Gasteiger partial charge < -0.3 is 15.2 Å². The first-order valence-corrected chi connectivity index (χ1v) is 11.7. The second kappa shape index (κ2) is 11.9. The van der Waals surface area contributed by atoms with Crippen molar-refractivity contribution in [1.29, 1.82) is 0 Å². The first-order valence-electron chi connectivity index (χ1n) is 11.7. The van der Waals surface area contributed by atoms with Crippen LogP contribution in [0.4, 0.5) is 0 Å². The summed E-state index contributed by atoms with van der Waals surface area (Å²) in [4.78, 5) is 34.3. The van der Waals surface area contributed by atoms with E-state index in [1.165, 1.54) is 23.8 Å². The lowest BCUT2D eigenvalue weighted by Gasteiger charge is -2.13. The standard InChI is InChI=1S/C28H30N4O3/c1-20-11-13-21(14-12-20)23-15-16-24-25(18-23)32-26(31-24)10-6-7-17-29-28(33)27(30-19-35-34-2)22-8-4-3-5-9-22/h3-5,8-9,11-16,18-19,27H,6-7,10,17H2,1-2H3,(H,29,33)(H,31,32)/t27-/m0/s1. The topological polar surface area (TPSA) is 88.6 Å². The Labute approximate surface area is 205 Å². The Hall–Kier alpha value is -3.97. The summed E-state index contributed by atoms with van der Waals surface area (Å²) in [5.41, 5.74) is 6.39. The van der Waals surface area contributed by atoms with Crippen molar-refractivity contribution in [2.75, 3.05) is 13.7 Å². The fourth-order valence-corrected chi connectivity index (χ4v) is 3.90. The predicted molar refractivity (Wildman–Crippen MR) is 138 cm³/mol. The number of imidazole rings is 1. The van der Waals surface area contributed by atoms with Crippen LogP contribution in [0.25, 0.3) is 22.2 Å². The maximum absolute atomic E-state index is 12.7. The molecule has 1 aromatic heterocycles. The SMILES string of the molecule is COOC=N[C@H](C(=O)NCCCCc1nc2ccc(-c3ccc(C)cc3)cc2[nH]1)c1ccccc1. The molecule has 0 saturated heterocycles. The number of carbonyl (C=O) groups is 1. The number of fused-ring (bicyclic) bond motifs is 1. The lowest BCUT2D eigenvalue weighted by molar-refractivity contribution is -0.188. The van der Waals surface area contributed by atoms with E-state index >= 15 is 0 Å². The molecule has 0 spiro atoms. The Morgan fingerprint density at radius 3 is 2.60 bits per heavy atom. The zero-order valence-electron chi connectivity index (χ0n) is 20.0. The number of aliphatic imine (C=N–C) groups is 1. The molecule has 0 radical (unpaired) electrons. The Balaban J connectivity index is 1.29. The van der Waals surface area contributed by atoms with Crippen molar-refractivity contribution in [3.8, 4) is 11.1 Å². The lowest BCUT2D eigenvalue weighted by Crippen LogP contribution is -2.29. The van der Waals surface area contributed by atoms with Gasteiger partial charge in [-0.15, -0.1) is 0 Å². The molecule has 0 bridgehead atoms. The maximum Gasteiger partial charge on any atom is 0.249 e. The van der Waals surface area contributed by atoms with Crippen molar-refractivity contribution in [1.82, 2.24) is 15.3 Å². The van der Waals surface area contributed by atoms with Crippen LogP contribution in [0.5, 0.6) is 0 Å². The molecule has 3 aromatic carbocycles. The maximum atomic E-state index is 12.7. The van der Waals surface area contributed by atoms with Crippen LogP contribution in [0, 0.1) is 6.92 Å². The van der Waals surface area contributed by atoms with Crippen molar-refractivity contribution in [3.63, 3.8) is 0 Å². The largest absolute Gasteiger partial charge is 0.354 e. The number of H-pyrrole nitrogens is 1. The molecule has 0 aliphatic rings. The third kappa shape index (κ3) is 6.55. The molecule has 0 aliphatic carbocycles. The number of aryl methyl sites for hydroxylation is 2. The van der Waals surface area contributed by atoms with Gasteiger partial charge in [0.1, 0.15) is 5.82 Å². The average molecular weight is 471 g/mol. The van der Waals surface area contributed by atoms with Crippen molar-refractivity contribution in [2.45, 2.75) is 32.2 Å². The number of nitrogens with one attached hydrogen (secondary N) is 2. The van der Waals surface area contributed by atoms with Crippen LogP contribution in [-0.2, 0) is 21.0 Å². The van der Waals surface area contributed by atoms with Gasteiger partial charge in [-0.25, -0.2) is 9.98 Å². The van der Waals surface area contributed by atoms with Gasteiger partial charge in [-0.3, -0.25) is 4.79 Å². The van der Waals surface area contributed by atoms with E-state index < -0.39 is 6.04 Å². The summed E-state index contributed by atoms with van der Waals surface area (Å²) in [5, 5.41) is 2.97. The van der Waals surface area contributed by atoms with Crippen LogP contribution in [0.2, 0.25) is 0 Å². The molecule has 7 nitrogen and oxygen atoms in total. The molecule has 35 heavy (non-hydrogen) atoms. The number of hydrogen-bond acceptors (Lipinski definition) is 5. The minimum atomic E-state index is -0.690. The smallest absolute Gasteiger partial charge is 0.249 e. The van der Waals surface area contributed by atoms with E-state index in [2.05, 4.69) is 69.6 Å². The summed E-state index contributed by atoms with van der Waals surface area (Å²) in [5.74, 6) is 0.774. The van der Waals surface area contributed by atoms with Crippen LogP contribution < -0.4 is 5.32 Å². The molecule has 4 rings (SSSR count). The Bertz CT molecular complexity index is 1270. The zero-order chi connectivity index (χ0) is 24.5. The number of unbranched alkanes of at least 4 members (excludes halogenated alkanes) is 1. The molecule has 1 atom stereocenters. The number of carbonyl (C=O) groups excluding carboxylic acids is 1. The normalized spacial score (nSPS) is 12.2. The van der Waals surface area contributed by atoms with E-state index in [4.69, 9.17) is 9.87 Å². The summed E-state index contributed by atoms with van der Waals surface area (Å²) in [7, 11) is 1.38. The van der Waals surface area contributed by atoms with Crippen LogP contribution in [-0.4, -0.2) is 35.9 Å². The van der Waals surface area contributed by atoms with Gasteiger partial charge in [-0.1, -0.05) is 66.2 Å². The monoisotopic (exact) mass is 470 g/mol. The molecule has 7 heteroatoms. The van der Waals surface area contributed by atoms with Gasteiger partial charge in [0.25, 0.3) is 0 Å². The fourth-order valence-electron chi connectivity index (χ4n) is 3.90. The molecule has 1 amide bonds. The molecule has 1 heterocycles. The van der Waals surface area contributed by atoms with Crippen molar-refractivity contribution in [2.24, 2.45) is 4.99 Å². The van der Waals surface area contributed by atoms with Gasteiger partial charge in [-0.2, -0.15) is 4.89 Å². The number of nitrogens with zero attached hydrogens (tertiary/aromatic N) is 2.